The first-order valence-electron chi connectivity index (χ1n) is 6.56. The van der Waals surface area contributed by atoms with Crippen molar-refractivity contribution in [3.63, 3.8) is 0 Å². The molecule has 3 unspecified atom stereocenters. The minimum atomic E-state index is -0.635. The number of ether oxygens (including phenoxy) is 1. The molecule has 108 valence electrons. The van der Waals surface area contributed by atoms with Crippen LogP contribution in [0.1, 0.15) is 24.9 Å². The van der Waals surface area contributed by atoms with E-state index < -0.39 is 6.04 Å². The fourth-order valence-electron chi connectivity index (χ4n) is 2.29. The monoisotopic (exact) mass is 277 g/mol. The van der Waals surface area contributed by atoms with Crippen LogP contribution in [0.2, 0.25) is 0 Å². The molecular weight excluding hydrogens is 258 g/mol. The number of benzene rings is 1. The van der Waals surface area contributed by atoms with Crippen molar-refractivity contribution < 1.29 is 14.7 Å². The quantitative estimate of drug-likeness (QED) is 0.331. The summed E-state index contributed by atoms with van der Waals surface area (Å²) in [4.78, 5) is 12.2. The first-order valence-corrected chi connectivity index (χ1v) is 6.56. The van der Waals surface area contributed by atoms with Crippen LogP contribution in [0.15, 0.2) is 35.5 Å². The molecule has 1 amide bonds. The van der Waals surface area contributed by atoms with Gasteiger partial charge in [0.2, 0.25) is 5.91 Å². The van der Waals surface area contributed by atoms with Crippen LogP contribution in [0, 0.1) is 5.92 Å². The number of amides is 1. The van der Waals surface area contributed by atoms with Gasteiger partial charge in [-0.15, -0.1) is 0 Å². The molecule has 3 atom stereocenters. The van der Waals surface area contributed by atoms with E-state index in [1.807, 2.05) is 37.3 Å². The third-order valence-corrected chi connectivity index (χ3v) is 3.40. The lowest BCUT2D eigenvalue weighted by molar-refractivity contribution is -0.125. The number of hydrogen-bond donors (Lipinski definition) is 3. The third-order valence-electron chi connectivity index (χ3n) is 3.40. The fourth-order valence-corrected chi connectivity index (χ4v) is 2.29. The summed E-state index contributed by atoms with van der Waals surface area (Å²) in [5, 5.41) is 14.7. The van der Waals surface area contributed by atoms with Crippen molar-refractivity contribution >= 4 is 11.7 Å². The van der Waals surface area contributed by atoms with E-state index in [2.05, 4.69) is 10.5 Å². The summed E-state index contributed by atoms with van der Waals surface area (Å²) >= 11 is 0. The highest BCUT2D eigenvalue weighted by molar-refractivity contribution is 5.91. The third kappa shape index (κ3) is 3.27. The van der Waals surface area contributed by atoms with Gasteiger partial charge in [-0.05, 0) is 18.9 Å². The van der Waals surface area contributed by atoms with Gasteiger partial charge < -0.3 is 21.0 Å². The first-order chi connectivity index (χ1) is 9.61. The van der Waals surface area contributed by atoms with Crippen LogP contribution in [-0.2, 0) is 9.53 Å². The normalized spacial score (nSPS) is 24.4. The highest BCUT2D eigenvalue weighted by Crippen LogP contribution is 2.21. The van der Waals surface area contributed by atoms with Gasteiger partial charge in [-0.1, -0.05) is 35.5 Å². The van der Waals surface area contributed by atoms with Crippen molar-refractivity contribution in [3.8, 4) is 0 Å². The van der Waals surface area contributed by atoms with Crippen molar-refractivity contribution in [2.75, 3.05) is 6.61 Å². The first kappa shape index (κ1) is 14.3. The number of carbonyl (C=O) groups excluding carboxylic acids is 1. The van der Waals surface area contributed by atoms with E-state index in [0.717, 1.165) is 5.56 Å². The molecule has 6 heteroatoms. The van der Waals surface area contributed by atoms with E-state index in [0.29, 0.717) is 13.0 Å². The number of rotatable bonds is 4. The Bertz CT molecular complexity index is 490. The van der Waals surface area contributed by atoms with Crippen molar-refractivity contribution in [1.82, 2.24) is 5.32 Å². The Morgan fingerprint density at radius 1 is 1.50 bits per heavy atom. The second-order valence-electron chi connectivity index (χ2n) is 4.95. The number of oxime groups is 1. The lowest BCUT2D eigenvalue weighted by Gasteiger charge is -2.19. The van der Waals surface area contributed by atoms with Gasteiger partial charge in [0.15, 0.2) is 5.84 Å². The molecule has 0 aromatic heterocycles. The Balaban J connectivity index is 2.11. The van der Waals surface area contributed by atoms with Gasteiger partial charge in [-0.2, -0.15) is 0 Å². The van der Waals surface area contributed by atoms with Gasteiger partial charge in [0, 0.05) is 0 Å². The van der Waals surface area contributed by atoms with E-state index in [1.54, 1.807) is 0 Å². The summed E-state index contributed by atoms with van der Waals surface area (Å²) in [7, 11) is 0. The predicted octanol–water partition coefficient (Wildman–Crippen LogP) is 1.02. The molecule has 1 aliphatic heterocycles. The lowest BCUT2D eigenvalue weighted by atomic mass is 10.0. The number of nitrogens with one attached hydrogen (secondary N) is 1. The van der Waals surface area contributed by atoms with Crippen LogP contribution in [0.25, 0.3) is 0 Å². The number of nitrogens with two attached hydrogens (primary N) is 1. The minimum absolute atomic E-state index is 0.0449. The van der Waals surface area contributed by atoms with Gasteiger partial charge in [-0.3, -0.25) is 4.79 Å². The molecule has 0 bridgehead atoms. The van der Waals surface area contributed by atoms with Gasteiger partial charge in [-0.25, -0.2) is 0 Å². The topological polar surface area (TPSA) is 96.9 Å². The van der Waals surface area contributed by atoms with Crippen LogP contribution < -0.4 is 11.1 Å². The molecule has 0 aliphatic carbocycles. The van der Waals surface area contributed by atoms with Crippen LogP contribution in [0.4, 0.5) is 0 Å². The largest absolute Gasteiger partial charge is 0.409 e. The van der Waals surface area contributed by atoms with Crippen molar-refractivity contribution in [1.29, 1.82) is 0 Å². The summed E-state index contributed by atoms with van der Waals surface area (Å²) in [6.07, 6.45) is 0.772. The van der Waals surface area contributed by atoms with Crippen LogP contribution in [-0.4, -0.2) is 29.7 Å². The van der Waals surface area contributed by atoms with Crippen molar-refractivity contribution in [2.45, 2.75) is 25.5 Å². The molecule has 20 heavy (non-hydrogen) atoms. The van der Waals surface area contributed by atoms with E-state index >= 15 is 0 Å². The maximum atomic E-state index is 12.2. The van der Waals surface area contributed by atoms with Crippen LogP contribution in [0.3, 0.4) is 0 Å². The van der Waals surface area contributed by atoms with Crippen LogP contribution >= 0.6 is 0 Å². The molecule has 1 saturated heterocycles. The molecule has 1 aromatic rings. The number of hydrogen-bond acceptors (Lipinski definition) is 4. The Morgan fingerprint density at radius 2 is 2.20 bits per heavy atom. The molecule has 1 aromatic carbocycles. The zero-order valence-corrected chi connectivity index (χ0v) is 11.3. The zero-order valence-electron chi connectivity index (χ0n) is 11.3. The average Bonchev–Trinajstić information content (AvgIpc) is 2.91. The number of amidine groups is 1. The standard InChI is InChI=1S/C14H19N3O3/c1-9-7-11(8-20-9)14(18)16-12(13(15)17-19)10-5-3-2-4-6-10/h2-6,9,11-12,19H,7-8H2,1H3,(H2,15,17)(H,16,18). The minimum Gasteiger partial charge on any atom is -0.409 e. The van der Waals surface area contributed by atoms with Crippen molar-refractivity contribution in [2.24, 2.45) is 16.8 Å². The molecule has 0 radical (unpaired) electrons. The Labute approximate surface area is 117 Å². The average molecular weight is 277 g/mol. The number of carbonyl (C=O) groups is 1. The summed E-state index contributed by atoms with van der Waals surface area (Å²) in [6.45, 7) is 2.34. The molecule has 0 saturated carbocycles. The van der Waals surface area contributed by atoms with Gasteiger partial charge >= 0.3 is 0 Å². The Kier molecular flexibility index (Phi) is 4.57. The second-order valence-corrected chi connectivity index (χ2v) is 4.95. The highest BCUT2D eigenvalue weighted by Gasteiger charge is 2.30. The maximum Gasteiger partial charge on any atom is 0.226 e. The molecular formula is C14H19N3O3. The van der Waals surface area contributed by atoms with Gasteiger partial charge in [0.1, 0.15) is 6.04 Å². The predicted molar refractivity (Wildman–Crippen MR) is 74.3 cm³/mol. The SMILES string of the molecule is CC1CC(C(=O)NC(/C(N)=N/O)c2ccccc2)CO1. The smallest absolute Gasteiger partial charge is 0.226 e. The van der Waals surface area contributed by atoms with E-state index in [1.165, 1.54) is 0 Å². The number of nitrogens with zero attached hydrogens (tertiary/aromatic N) is 1. The molecule has 0 spiro atoms. The van der Waals surface area contributed by atoms with E-state index in [9.17, 15) is 4.79 Å². The lowest BCUT2D eigenvalue weighted by Crippen LogP contribution is -2.40. The van der Waals surface area contributed by atoms with Gasteiger partial charge in [0.25, 0.3) is 0 Å². The molecule has 2 rings (SSSR count). The maximum absolute atomic E-state index is 12.2. The molecule has 1 fully saturated rings. The second kappa shape index (κ2) is 6.38. The summed E-state index contributed by atoms with van der Waals surface area (Å²) in [5.74, 6) is -0.381. The summed E-state index contributed by atoms with van der Waals surface area (Å²) < 4.78 is 5.39. The Hall–Kier alpha value is -2.08. The Morgan fingerprint density at radius 3 is 2.75 bits per heavy atom. The molecule has 1 heterocycles. The van der Waals surface area contributed by atoms with Crippen molar-refractivity contribution in [3.05, 3.63) is 35.9 Å². The van der Waals surface area contributed by atoms with Gasteiger partial charge in [0.05, 0.1) is 18.6 Å². The summed E-state index contributed by atoms with van der Waals surface area (Å²) in [5.41, 5.74) is 6.44. The van der Waals surface area contributed by atoms with Crippen LogP contribution in [0.5, 0.6) is 0 Å². The summed E-state index contributed by atoms with van der Waals surface area (Å²) in [6, 6.07) is 8.53. The fraction of sp³-hybridized carbons (Fsp3) is 0.429. The molecule has 1 aliphatic rings. The zero-order chi connectivity index (χ0) is 14.5. The van der Waals surface area contributed by atoms with E-state index in [-0.39, 0.29) is 23.8 Å². The molecule has 4 N–H and O–H groups in total. The highest BCUT2D eigenvalue weighted by atomic mass is 16.5. The molecule has 6 nitrogen and oxygen atoms in total. The van der Waals surface area contributed by atoms with E-state index in [4.69, 9.17) is 15.7 Å².